The highest BCUT2D eigenvalue weighted by molar-refractivity contribution is 7.03. The highest BCUT2D eigenvalue weighted by Gasteiger charge is 2.58. The molecule has 3 rings (SSSR count). The van der Waals surface area contributed by atoms with Crippen molar-refractivity contribution in [1.82, 2.24) is 4.57 Å². The van der Waals surface area contributed by atoms with Gasteiger partial charge in [-0.2, -0.15) is 0 Å². The van der Waals surface area contributed by atoms with Crippen LogP contribution in [0.15, 0.2) is 72.8 Å². The summed E-state index contributed by atoms with van der Waals surface area (Å²) in [5, 5.41) is 2.35. The number of carbonyl (C=O) groups excluding carboxylic acids is 1. The minimum absolute atomic E-state index is 0.0366. The van der Waals surface area contributed by atoms with Crippen LogP contribution in [-0.2, 0) is 4.74 Å². The van der Waals surface area contributed by atoms with Gasteiger partial charge in [-0.15, -0.1) is 0 Å². The van der Waals surface area contributed by atoms with Crippen LogP contribution in [0.2, 0.25) is 5.04 Å². The second kappa shape index (κ2) is 9.65. The number of unbranched alkanes of at least 4 members (excludes halogenated alkanes) is 3. The van der Waals surface area contributed by atoms with Crippen molar-refractivity contribution < 1.29 is 9.53 Å². The summed E-state index contributed by atoms with van der Waals surface area (Å²) >= 11 is 0. The first-order valence-electron chi connectivity index (χ1n) is 11.2. The SMILES string of the molecule is CCCCC/C=C\[C@@H]1COC(=O)N1[Si](c1ccccc1)(c1ccccc1)C(C)(C)C. The molecule has 0 aromatic heterocycles. The molecule has 1 atom stereocenters. The van der Waals surface area contributed by atoms with Crippen LogP contribution in [0.3, 0.4) is 0 Å². The molecule has 4 heteroatoms. The van der Waals surface area contributed by atoms with Gasteiger partial charge in [-0.3, -0.25) is 0 Å². The van der Waals surface area contributed by atoms with Crippen molar-refractivity contribution in [3.63, 3.8) is 0 Å². The molecule has 0 saturated carbocycles. The van der Waals surface area contributed by atoms with Crippen LogP contribution >= 0.6 is 0 Å². The van der Waals surface area contributed by atoms with Gasteiger partial charge in [0, 0.05) is 0 Å². The lowest BCUT2D eigenvalue weighted by Gasteiger charge is -2.49. The third kappa shape index (κ3) is 4.24. The molecule has 1 saturated heterocycles. The largest absolute Gasteiger partial charge is 0.447 e. The van der Waals surface area contributed by atoms with Gasteiger partial charge < -0.3 is 9.30 Å². The van der Waals surface area contributed by atoms with E-state index in [0.717, 1.165) is 6.42 Å². The van der Waals surface area contributed by atoms with E-state index in [1.807, 2.05) is 12.1 Å². The average molecular weight is 422 g/mol. The molecule has 1 amide bonds. The Morgan fingerprint density at radius 3 is 2.07 bits per heavy atom. The summed E-state index contributed by atoms with van der Waals surface area (Å²) in [6.45, 7) is 9.46. The Morgan fingerprint density at radius 1 is 1.00 bits per heavy atom. The number of ether oxygens (including phenoxy) is 1. The fourth-order valence-electron chi connectivity index (χ4n) is 4.76. The zero-order chi connectivity index (χ0) is 21.6. The van der Waals surface area contributed by atoms with Gasteiger partial charge in [0.15, 0.2) is 0 Å². The van der Waals surface area contributed by atoms with Gasteiger partial charge in [0.1, 0.15) is 6.61 Å². The summed E-state index contributed by atoms with van der Waals surface area (Å²) in [5.41, 5.74) is 0. The van der Waals surface area contributed by atoms with E-state index in [-0.39, 0.29) is 17.2 Å². The molecule has 1 aliphatic rings. The van der Waals surface area contributed by atoms with Crippen molar-refractivity contribution in [3.8, 4) is 0 Å². The third-order valence-corrected chi connectivity index (χ3v) is 11.8. The molecule has 0 bridgehead atoms. The number of allylic oxidation sites excluding steroid dienone is 1. The summed E-state index contributed by atoms with van der Waals surface area (Å²) in [7, 11) is -2.71. The quantitative estimate of drug-likeness (QED) is 0.320. The third-order valence-electron chi connectivity index (χ3n) is 6.07. The number of amides is 1. The molecule has 160 valence electrons. The van der Waals surface area contributed by atoms with E-state index in [0.29, 0.717) is 6.61 Å². The molecule has 1 aliphatic heterocycles. The van der Waals surface area contributed by atoms with Crippen molar-refractivity contribution in [1.29, 1.82) is 0 Å². The van der Waals surface area contributed by atoms with Gasteiger partial charge in [-0.25, -0.2) is 4.79 Å². The first-order valence-corrected chi connectivity index (χ1v) is 13.1. The summed E-state index contributed by atoms with van der Waals surface area (Å²) < 4.78 is 7.79. The zero-order valence-electron chi connectivity index (χ0n) is 18.8. The van der Waals surface area contributed by atoms with E-state index in [4.69, 9.17) is 4.74 Å². The van der Waals surface area contributed by atoms with Gasteiger partial charge in [0.2, 0.25) is 8.24 Å². The minimum atomic E-state index is -2.71. The van der Waals surface area contributed by atoms with Gasteiger partial charge in [0.05, 0.1) is 6.04 Å². The van der Waals surface area contributed by atoms with Crippen LogP contribution in [0.25, 0.3) is 0 Å². The maximum Gasteiger partial charge on any atom is 0.402 e. The van der Waals surface area contributed by atoms with Gasteiger partial charge in [-0.1, -0.05) is 113 Å². The topological polar surface area (TPSA) is 29.5 Å². The Balaban J connectivity index is 2.14. The summed E-state index contributed by atoms with van der Waals surface area (Å²) in [6, 6.07) is 21.2. The maximum absolute atomic E-state index is 13.3. The second-order valence-electron chi connectivity index (χ2n) is 9.13. The summed E-state index contributed by atoms with van der Waals surface area (Å²) in [5.74, 6) is 0. The standard InChI is InChI=1S/C26H35NO2Si/c1-5-6-7-8-11-16-22-21-29-25(28)27(22)30(26(2,3)4,23-17-12-9-13-18-23)24-19-14-10-15-20-24/h9-20,22H,5-8,21H2,1-4H3/b16-11-/t22-/m1/s1. The van der Waals surface area contributed by atoms with Crippen LogP contribution < -0.4 is 10.4 Å². The highest BCUT2D eigenvalue weighted by Crippen LogP contribution is 2.41. The van der Waals surface area contributed by atoms with Gasteiger partial charge in [0.25, 0.3) is 0 Å². The fraction of sp³-hybridized carbons (Fsp3) is 0.423. The monoisotopic (exact) mass is 421 g/mol. The molecule has 2 aromatic rings. The van der Waals surface area contributed by atoms with E-state index in [2.05, 4.69) is 92.9 Å². The zero-order valence-corrected chi connectivity index (χ0v) is 19.8. The van der Waals surface area contributed by atoms with Crippen LogP contribution in [0, 0.1) is 0 Å². The van der Waals surface area contributed by atoms with Crippen molar-refractivity contribution in [2.75, 3.05) is 6.61 Å². The van der Waals surface area contributed by atoms with E-state index in [1.165, 1.54) is 29.6 Å². The summed E-state index contributed by atoms with van der Waals surface area (Å²) in [6.07, 6.45) is 8.96. The Kier molecular flexibility index (Phi) is 7.19. The van der Waals surface area contributed by atoms with Gasteiger partial charge >= 0.3 is 6.09 Å². The number of benzene rings is 2. The normalized spacial score (nSPS) is 17.5. The smallest absolute Gasteiger partial charge is 0.402 e. The lowest BCUT2D eigenvalue weighted by Crippen LogP contribution is -2.76. The van der Waals surface area contributed by atoms with Crippen LogP contribution in [-0.4, -0.2) is 31.5 Å². The number of hydrogen-bond acceptors (Lipinski definition) is 2. The number of cyclic esters (lactones) is 1. The maximum atomic E-state index is 13.3. The van der Waals surface area contributed by atoms with E-state index in [1.54, 1.807) is 0 Å². The Labute approximate surface area is 182 Å². The number of carbonyl (C=O) groups is 1. The second-order valence-corrected chi connectivity index (χ2v) is 13.7. The van der Waals surface area contributed by atoms with Crippen LogP contribution in [0.5, 0.6) is 0 Å². The first-order chi connectivity index (χ1) is 14.4. The average Bonchev–Trinajstić information content (AvgIpc) is 3.10. The molecule has 2 aromatic carbocycles. The number of hydrogen-bond donors (Lipinski definition) is 0. The predicted molar refractivity (Wildman–Crippen MR) is 128 cm³/mol. The van der Waals surface area contributed by atoms with Gasteiger partial charge in [-0.05, 0) is 28.3 Å². The summed E-state index contributed by atoms with van der Waals surface area (Å²) in [4.78, 5) is 13.3. The molecule has 0 unspecified atom stereocenters. The lowest BCUT2D eigenvalue weighted by atomic mass is 10.2. The van der Waals surface area contributed by atoms with Crippen molar-refractivity contribution in [3.05, 3.63) is 72.8 Å². The molecule has 30 heavy (non-hydrogen) atoms. The minimum Gasteiger partial charge on any atom is -0.447 e. The Hall–Kier alpha value is -2.33. The van der Waals surface area contributed by atoms with E-state index < -0.39 is 8.24 Å². The molecule has 0 N–H and O–H groups in total. The van der Waals surface area contributed by atoms with Crippen molar-refractivity contribution >= 4 is 24.7 Å². The molecular formula is C26H35NO2Si. The van der Waals surface area contributed by atoms with E-state index in [9.17, 15) is 4.79 Å². The van der Waals surface area contributed by atoms with Crippen LogP contribution in [0.4, 0.5) is 4.79 Å². The molecule has 1 heterocycles. The molecule has 1 fully saturated rings. The van der Waals surface area contributed by atoms with Crippen molar-refractivity contribution in [2.45, 2.75) is 64.5 Å². The Morgan fingerprint density at radius 2 is 1.57 bits per heavy atom. The molecule has 0 spiro atoms. The molecular weight excluding hydrogens is 386 g/mol. The lowest BCUT2D eigenvalue weighted by molar-refractivity contribution is 0.168. The fourth-order valence-corrected chi connectivity index (χ4v) is 10.5. The van der Waals surface area contributed by atoms with Crippen molar-refractivity contribution in [2.24, 2.45) is 0 Å². The molecule has 0 aliphatic carbocycles. The first kappa shape index (κ1) is 22.4. The molecule has 0 radical (unpaired) electrons. The van der Waals surface area contributed by atoms with Crippen LogP contribution in [0.1, 0.15) is 53.4 Å². The number of rotatable bonds is 8. The number of nitrogens with zero attached hydrogens (tertiary/aromatic N) is 1. The predicted octanol–water partition coefficient (Wildman–Crippen LogP) is 5.50. The highest BCUT2D eigenvalue weighted by atomic mass is 28.3. The Bertz CT molecular complexity index is 803. The molecule has 3 nitrogen and oxygen atoms in total. The van der Waals surface area contributed by atoms with E-state index >= 15 is 0 Å².